The van der Waals surface area contributed by atoms with Crippen LogP contribution in [0.4, 0.5) is 5.69 Å². The summed E-state index contributed by atoms with van der Waals surface area (Å²) in [5.41, 5.74) is 2.36. The smallest absolute Gasteiger partial charge is 0.291 e. The van der Waals surface area contributed by atoms with Crippen molar-refractivity contribution < 1.29 is 0 Å². The second-order valence-electron chi connectivity index (χ2n) is 5.70. The normalized spacial score (nSPS) is 13.8. The summed E-state index contributed by atoms with van der Waals surface area (Å²) < 4.78 is 1.19. The lowest BCUT2D eigenvalue weighted by molar-refractivity contribution is 0.743. The molecular weight excluding hydrogens is 401 g/mol. The van der Waals surface area contributed by atoms with Crippen LogP contribution in [0.15, 0.2) is 40.6 Å². The van der Waals surface area contributed by atoms with Gasteiger partial charge in [-0.3, -0.25) is 4.79 Å². The molecule has 1 aliphatic rings. The fraction of sp³-hybridized carbons (Fsp3) is 0.176. The zero-order valence-corrected chi connectivity index (χ0v) is 16.0. The Kier molecular flexibility index (Phi) is 4.50. The van der Waals surface area contributed by atoms with E-state index in [9.17, 15) is 4.79 Å². The van der Waals surface area contributed by atoms with Gasteiger partial charge in [-0.1, -0.05) is 34.8 Å². The predicted molar refractivity (Wildman–Crippen MR) is 104 cm³/mol. The topological polar surface area (TPSA) is 38.1 Å². The Morgan fingerprint density at radius 2 is 1.96 bits per heavy atom. The van der Waals surface area contributed by atoms with Crippen molar-refractivity contribution in [2.24, 2.45) is 0 Å². The van der Waals surface area contributed by atoms with Crippen LogP contribution in [0.3, 0.4) is 0 Å². The molecule has 128 valence electrons. The van der Waals surface area contributed by atoms with Crippen molar-refractivity contribution in [3.8, 4) is 5.69 Å². The molecule has 0 saturated heterocycles. The van der Waals surface area contributed by atoms with E-state index in [1.54, 1.807) is 17.4 Å². The van der Waals surface area contributed by atoms with E-state index < -0.39 is 5.56 Å². The van der Waals surface area contributed by atoms with Crippen LogP contribution in [-0.2, 0) is 13.0 Å². The molecular formula is C17H12Cl3N3OS. The summed E-state index contributed by atoms with van der Waals surface area (Å²) in [5.74, 6) is 0. The molecule has 0 radical (unpaired) electrons. The van der Waals surface area contributed by atoms with Gasteiger partial charge < -0.3 is 4.90 Å². The zero-order valence-electron chi connectivity index (χ0n) is 12.9. The Labute approximate surface area is 163 Å². The van der Waals surface area contributed by atoms with Crippen molar-refractivity contribution in [3.05, 3.63) is 71.7 Å². The largest absolute Gasteiger partial charge is 0.366 e. The number of hydrogen-bond donors (Lipinski definition) is 0. The Bertz CT molecular complexity index is 1010. The molecule has 0 fully saturated rings. The summed E-state index contributed by atoms with van der Waals surface area (Å²) in [7, 11) is 0. The molecule has 0 bridgehead atoms. The van der Waals surface area contributed by atoms with E-state index in [0.29, 0.717) is 10.7 Å². The average Bonchev–Trinajstić information content (AvgIpc) is 3.07. The lowest BCUT2D eigenvalue weighted by Gasteiger charge is -2.30. The van der Waals surface area contributed by atoms with E-state index in [-0.39, 0.29) is 10.0 Å². The summed E-state index contributed by atoms with van der Waals surface area (Å²) in [5, 5.41) is 6.80. The van der Waals surface area contributed by atoms with Gasteiger partial charge in [0.25, 0.3) is 5.56 Å². The van der Waals surface area contributed by atoms with Crippen molar-refractivity contribution in [3.63, 3.8) is 0 Å². The van der Waals surface area contributed by atoms with Crippen LogP contribution in [0.5, 0.6) is 0 Å². The van der Waals surface area contributed by atoms with E-state index >= 15 is 0 Å². The highest BCUT2D eigenvalue weighted by Gasteiger charge is 2.20. The highest BCUT2D eigenvalue weighted by atomic mass is 35.5. The number of hydrogen-bond acceptors (Lipinski definition) is 4. The maximum absolute atomic E-state index is 12.2. The first kappa shape index (κ1) is 16.9. The number of anilines is 1. The van der Waals surface area contributed by atoms with Gasteiger partial charge in [-0.25, -0.2) is 0 Å². The minimum Gasteiger partial charge on any atom is -0.366 e. The first-order chi connectivity index (χ1) is 12.0. The van der Waals surface area contributed by atoms with Crippen LogP contribution in [-0.4, -0.2) is 16.3 Å². The molecule has 3 aromatic rings. The number of benzene rings is 1. The molecule has 25 heavy (non-hydrogen) atoms. The lowest BCUT2D eigenvalue weighted by Crippen LogP contribution is -2.29. The van der Waals surface area contributed by atoms with Crippen LogP contribution < -0.4 is 10.5 Å². The third-order valence-corrected chi connectivity index (χ3v) is 6.27. The number of halogens is 3. The first-order valence-electron chi connectivity index (χ1n) is 7.58. The molecule has 0 amide bonds. The molecule has 1 aliphatic heterocycles. The predicted octanol–water partition coefficient (Wildman–Crippen LogP) is 4.82. The van der Waals surface area contributed by atoms with Crippen LogP contribution in [0.1, 0.15) is 10.4 Å². The van der Waals surface area contributed by atoms with Crippen molar-refractivity contribution in [1.29, 1.82) is 0 Å². The van der Waals surface area contributed by atoms with E-state index in [1.807, 2.05) is 12.1 Å². The molecule has 1 aromatic carbocycles. The molecule has 0 unspecified atom stereocenters. The average molecular weight is 413 g/mol. The third kappa shape index (κ3) is 3.06. The van der Waals surface area contributed by atoms with Gasteiger partial charge in [0.2, 0.25) is 0 Å². The SMILES string of the molecule is O=c1c(Cl)c(Cl)cnn1-c1ccc(N2CCc3sccc3C2)c(Cl)c1. The highest BCUT2D eigenvalue weighted by molar-refractivity contribution is 7.10. The molecule has 0 aliphatic carbocycles. The van der Waals surface area contributed by atoms with Crippen LogP contribution in [0.25, 0.3) is 5.69 Å². The van der Waals surface area contributed by atoms with Gasteiger partial charge in [0.05, 0.1) is 27.6 Å². The number of thiophene rings is 1. The summed E-state index contributed by atoms with van der Waals surface area (Å²) in [6.07, 6.45) is 2.36. The maximum Gasteiger partial charge on any atom is 0.291 e. The Morgan fingerprint density at radius 3 is 2.76 bits per heavy atom. The van der Waals surface area contributed by atoms with E-state index in [2.05, 4.69) is 21.4 Å². The van der Waals surface area contributed by atoms with Gasteiger partial charge in [-0.05, 0) is 41.6 Å². The zero-order chi connectivity index (χ0) is 17.6. The molecule has 0 spiro atoms. The summed E-state index contributed by atoms with van der Waals surface area (Å²) in [6.45, 7) is 1.75. The van der Waals surface area contributed by atoms with Crippen molar-refractivity contribution in [2.45, 2.75) is 13.0 Å². The van der Waals surface area contributed by atoms with E-state index in [0.717, 1.165) is 25.2 Å². The van der Waals surface area contributed by atoms with Gasteiger partial charge in [0.15, 0.2) is 0 Å². The quantitative estimate of drug-likeness (QED) is 0.606. The van der Waals surface area contributed by atoms with Gasteiger partial charge >= 0.3 is 0 Å². The van der Waals surface area contributed by atoms with Crippen molar-refractivity contribution >= 4 is 51.8 Å². The minimum absolute atomic E-state index is 0.0575. The molecule has 3 heterocycles. The van der Waals surface area contributed by atoms with Crippen molar-refractivity contribution in [2.75, 3.05) is 11.4 Å². The van der Waals surface area contributed by atoms with Crippen molar-refractivity contribution in [1.82, 2.24) is 9.78 Å². The van der Waals surface area contributed by atoms with E-state index in [4.69, 9.17) is 34.8 Å². The maximum atomic E-state index is 12.2. The number of nitrogens with zero attached hydrogens (tertiary/aromatic N) is 3. The monoisotopic (exact) mass is 411 g/mol. The molecule has 2 aromatic heterocycles. The fourth-order valence-electron chi connectivity index (χ4n) is 2.93. The Hall–Kier alpha value is -1.53. The second-order valence-corrected chi connectivity index (χ2v) is 7.89. The third-order valence-electron chi connectivity index (χ3n) is 4.20. The molecule has 0 N–H and O–H groups in total. The summed E-state index contributed by atoms with van der Waals surface area (Å²) in [6, 6.07) is 7.60. The number of aromatic nitrogens is 2. The van der Waals surface area contributed by atoms with Crippen LogP contribution >= 0.6 is 46.1 Å². The molecule has 4 rings (SSSR count). The Morgan fingerprint density at radius 1 is 1.12 bits per heavy atom. The van der Waals surface area contributed by atoms with E-state index in [1.165, 1.54) is 21.3 Å². The first-order valence-corrected chi connectivity index (χ1v) is 9.59. The minimum atomic E-state index is -0.473. The molecule has 0 atom stereocenters. The summed E-state index contributed by atoms with van der Waals surface area (Å²) >= 11 is 20.0. The second kappa shape index (κ2) is 6.65. The van der Waals surface area contributed by atoms with Crippen LogP contribution in [0.2, 0.25) is 15.1 Å². The van der Waals surface area contributed by atoms with Crippen LogP contribution in [0, 0.1) is 0 Å². The number of fused-ring (bicyclic) bond motifs is 1. The van der Waals surface area contributed by atoms with Gasteiger partial charge in [-0.2, -0.15) is 9.78 Å². The molecule has 4 nitrogen and oxygen atoms in total. The highest BCUT2D eigenvalue weighted by Crippen LogP contribution is 2.33. The molecule has 8 heteroatoms. The molecule has 0 saturated carbocycles. The fourth-order valence-corrected chi connectivity index (χ4v) is 4.37. The standard InChI is InChI=1S/C17H12Cl3N3OS/c18-12-7-11(23-17(24)16(20)13(19)8-21-23)1-2-14(12)22-5-3-15-10(9-22)4-6-25-15/h1-2,4,6-8H,3,5,9H2. The Balaban J connectivity index is 1.68. The number of rotatable bonds is 2. The van der Waals surface area contributed by atoms with Gasteiger partial charge in [0, 0.05) is 18.0 Å². The lowest BCUT2D eigenvalue weighted by atomic mass is 10.1. The van der Waals surface area contributed by atoms with Gasteiger partial charge in [0.1, 0.15) is 5.02 Å². The summed E-state index contributed by atoms with van der Waals surface area (Å²) in [4.78, 5) is 15.9. The van der Waals surface area contributed by atoms with Gasteiger partial charge in [-0.15, -0.1) is 11.3 Å².